The zero-order chi connectivity index (χ0) is 33.2. The van der Waals surface area contributed by atoms with Gasteiger partial charge in [-0.25, -0.2) is 9.97 Å². The summed E-state index contributed by atoms with van der Waals surface area (Å²) in [5.74, 6) is 1.60. The van der Waals surface area contributed by atoms with Crippen molar-refractivity contribution in [2.45, 2.75) is 107 Å². The van der Waals surface area contributed by atoms with Crippen LogP contribution in [0, 0.1) is 0 Å². The second kappa shape index (κ2) is 13.8. The summed E-state index contributed by atoms with van der Waals surface area (Å²) in [7, 11) is 0. The number of allylic oxidation sites excluding steroid dienone is 4. The second-order valence-electron chi connectivity index (χ2n) is 12.4. The third-order valence-corrected chi connectivity index (χ3v) is 10.0. The van der Waals surface area contributed by atoms with E-state index >= 15 is 0 Å². The molecule has 0 spiro atoms. The number of benzene rings is 1. The molecule has 0 aliphatic carbocycles. The molecule has 3 aromatic heterocycles. The first kappa shape index (κ1) is 32.6. The molecule has 0 unspecified atom stereocenters. The molecule has 2 aliphatic rings. The highest BCUT2D eigenvalue weighted by Crippen LogP contribution is 2.44. The van der Waals surface area contributed by atoms with E-state index in [9.17, 15) is 0 Å². The molecule has 244 valence electrons. The van der Waals surface area contributed by atoms with Gasteiger partial charge < -0.3 is 14.7 Å². The average Bonchev–Trinajstić information content (AvgIpc) is 3.82. The lowest BCUT2D eigenvalue weighted by Gasteiger charge is -2.11. The van der Waals surface area contributed by atoms with Gasteiger partial charge >= 0.3 is 0 Å². The van der Waals surface area contributed by atoms with Crippen molar-refractivity contribution in [3.05, 3.63) is 93.6 Å². The molecule has 5 heteroatoms. The molecule has 5 nitrogen and oxygen atoms in total. The van der Waals surface area contributed by atoms with Crippen molar-refractivity contribution in [1.29, 1.82) is 0 Å². The van der Waals surface area contributed by atoms with Gasteiger partial charge in [0.1, 0.15) is 11.4 Å². The van der Waals surface area contributed by atoms with Crippen molar-refractivity contribution in [3.8, 4) is 11.5 Å². The zero-order valence-electron chi connectivity index (χ0n) is 29.6. The second-order valence-corrected chi connectivity index (χ2v) is 12.4. The Labute approximate surface area is 280 Å². The summed E-state index contributed by atoms with van der Waals surface area (Å²) < 4.78 is 6.93. The Kier molecular flexibility index (Phi) is 9.54. The lowest BCUT2D eigenvalue weighted by molar-refractivity contribution is 0.483. The van der Waals surface area contributed by atoms with Crippen molar-refractivity contribution in [1.82, 2.24) is 19.9 Å². The Morgan fingerprint density at radius 2 is 0.979 bits per heavy atom. The maximum Gasteiger partial charge on any atom is 0.177 e. The van der Waals surface area contributed by atoms with Crippen LogP contribution in [-0.2, 0) is 25.7 Å². The maximum atomic E-state index is 6.93. The van der Waals surface area contributed by atoms with Crippen LogP contribution >= 0.6 is 0 Å². The van der Waals surface area contributed by atoms with Crippen LogP contribution in [0.25, 0.3) is 44.4 Å². The molecule has 0 atom stereocenters. The quantitative estimate of drug-likeness (QED) is 0.184. The lowest BCUT2D eigenvalue weighted by Crippen LogP contribution is -1.94. The average molecular weight is 627 g/mol. The van der Waals surface area contributed by atoms with E-state index in [0.29, 0.717) is 0 Å². The predicted molar refractivity (Wildman–Crippen MR) is 200 cm³/mol. The van der Waals surface area contributed by atoms with Crippen LogP contribution in [0.15, 0.2) is 48.5 Å². The van der Waals surface area contributed by atoms with E-state index in [0.717, 1.165) is 96.7 Å². The molecule has 8 bridgehead atoms. The van der Waals surface area contributed by atoms with E-state index < -0.39 is 0 Å². The summed E-state index contributed by atoms with van der Waals surface area (Å²) in [6, 6.07) is 17.0. The fraction of sp³-hybridized carbons (Fsp3) is 0.381. The van der Waals surface area contributed by atoms with Crippen LogP contribution in [-0.4, -0.2) is 19.9 Å². The highest BCUT2D eigenvalue weighted by Gasteiger charge is 2.26. The van der Waals surface area contributed by atoms with Crippen LogP contribution in [0.3, 0.4) is 0 Å². The molecular formula is C42H50N4O. The maximum absolute atomic E-state index is 6.93. The zero-order valence-corrected chi connectivity index (χ0v) is 29.6. The van der Waals surface area contributed by atoms with Gasteiger partial charge in [0.05, 0.1) is 22.6 Å². The molecule has 0 saturated heterocycles. The number of aryl methyl sites for hydroxylation is 4. The fourth-order valence-corrected chi connectivity index (χ4v) is 7.86. The molecule has 0 amide bonds. The number of H-pyrrole nitrogens is 2. The van der Waals surface area contributed by atoms with Gasteiger partial charge in [0.25, 0.3) is 0 Å². The van der Waals surface area contributed by atoms with Gasteiger partial charge in [-0.1, -0.05) is 73.6 Å². The predicted octanol–water partition coefficient (Wildman–Crippen LogP) is 11.8. The fourth-order valence-electron chi connectivity index (χ4n) is 7.86. The van der Waals surface area contributed by atoms with E-state index in [-0.39, 0.29) is 0 Å². The number of hydrogen-bond acceptors (Lipinski definition) is 3. The molecule has 0 saturated carbocycles. The number of fused-ring (bicyclic) bond motifs is 8. The largest absolute Gasteiger partial charge is 0.453 e. The SMILES string of the molecule is CCC1=C(CC)c2cc3[nH]c(cc4[nH]c(c(CC)c4CC)c(Oc4ccccc4)c4nc(cc1n2)C(CC)=C4CC)c(CC)c3CC. The monoisotopic (exact) mass is 626 g/mol. The van der Waals surface area contributed by atoms with Gasteiger partial charge in [0.15, 0.2) is 5.75 Å². The number of nitrogens with zero attached hydrogens (tertiary/aromatic N) is 2. The number of aromatic amines is 2. The summed E-state index contributed by atoms with van der Waals surface area (Å²) in [5.41, 5.74) is 19.1. The number of ether oxygens (including phenoxy) is 1. The highest BCUT2D eigenvalue weighted by atomic mass is 16.5. The molecule has 2 N–H and O–H groups in total. The molecule has 5 heterocycles. The van der Waals surface area contributed by atoms with Crippen molar-refractivity contribution >= 4 is 44.4 Å². The summed E-state index contributed by atoms with van der Waals surface area (Å²) in [6.45, 7) is 18.0. The third kappa shape index (κ3) is 5.64. The molecule has 47 heavy (non-hydrogen) atoms. The third-order valence-electron chi connectivity index (χ3n) is 10.0. The minimum Gasteiger partial charge on any atom is -0.453 e. The molecule has 0 fully saturated rings. The Hall–Kier alpha value is -4.38. The molecule has 0 radical (unpaired) electrons. The van der Waals surface area contributed by atoms with Crippen LogP contribution < -0.4 is 4.74 Å². The van der Waals surface area contributed by atoms with Crippen molar-refractivity contribution in [2.75, 3.05) is 0 Å². The molecular weight excluding hydrogens is 576 g/mol. The van der Waals surface area contributed by atoms with Crippen LogP contribution in [0.5, 0.6) is 11.5 Å². The van der Waals surface area contributed by atoms with Gasteiger partial charge in [-0.2, -0.15) is 0 Å². The van der Waals surface area contributed by atoms with E-state index in [1.807, 2.05) is 30.3 Å². The van der Waals surface area contributed by atoms with Crippen molar-refractivity contribution < 1.29 is 4.74 Å². The smallest absolute Gasteiger partial charge is 0.177 e. The number of aromatic nitrogens is 4. The summed E-state index contributed by atoms with van der Waals surface area (Å²) in [5, 5.41) is 0. The topological polar surface area (TPSA) is 66.6 Å². The van der Waals surface area contributed by atoms with Gasteiger partial charge in [-0.05, 0) is 126 Å². The van der Waals surface area contributed by atoms with E-state index in [4.69, 9.17) is 14.7 Å². The minimum absolute atomic E-state index is 0.798. The van der Waals surface area contributed by atoms with Crippen molar-refractivity contribution in [3.63, 3.8) is 0 Å². The van der Waals surface area contributed by atoms with E-state index in [1.165, 1.54) is 55.6 Å². The summed E-state index contributed by atoms with van der Waals surface area (Å²) in [4.78, 5) is 18.6. The molecule has 1 aromatic carbocycles. The first-order valence-corrected chi connectivity index (χ1v) is 17.9. The van der Waals surface area contributed by atoms with E-state index in [1.54, 1.807) is 0 Å². The molecule has 4 aromatic rings. The standard InChI is InChI=1S/C42H50N4O/c1-9-26-28(11-3)36-23-38-30(13-5)32(15-7)40(45-38)42(47-25-20-18-17-19-21-25)41-33(16-8)31(14-6)39(46-41)24-37-29(12-4)27(10-2)35(44-37)22-34(26)43-36/h17-24,43,45H,9-16H2,1-8H3. The summed E-state index contributed by atoms with van der Waals surface area (Å²) >= 11 is 0. The molecule has 6 rings (SSSR count). The Morgan fingerprint density at radius 1 is 0.489 bits per heavy atom. The Bertz CT molecular complexity index is 2040. The van der Waals surface area contributed by atoms with Crippen LogP contribution in [0.1, 0.15) is 126 Å². The van der Waals surface area contributed by atoms with Crippen LogP contribution in [0.4, 0.5) is 0 Å². The Balaban J connectivity index is 1.88. The van der Waals surface area contributed by atoms with Gasteiger partial charge in [0, 0.05) is 16.6 Å². The van der Waals surface area contributed by atoms with Gasteiger partial charge in [0.2, 0.25) is 0 Å². The number of hydrogen-bond donors (Lipinski definition) is 2. The van der Waals surface area contributed by atoms with Gasteiger partial charge in [-0.3, -0.25) is 0 Å². The van der Waals surface area contributed by atoms with E-state index in [2.05, 4.69) is 83.6 Å². The number of nitrogens with one attached hydrogen (secondary N) is 2. The number of rotatable bonds is 10. The first-order chi connectivity index (χ1) is 22.9. The number of para-hydroxylation sites is 1. The first-order valence-electron chi connectivity index (χ1n) is 17.9. The van der Waals surface area contributed by atoms with Gasteiger partial charge in [-0.15, -0.1) is 0 Å². The molecule has 2 aliphatic heterocycles. The Morgan fingerprint density at radius 3 is 1.55 bits per heavy atom. The van der Waals surface area contributed by atoms with Crippen molar-refractivity contribution in [2.24, 2.45) is 0 Å². The lowest BCUT2D eigenvalue weighted by atomic mass is 9.97. The summed E-state index contributed by atoms with van der Waals surface area (Å²) in [6.07, 6.45) is 7.33. The van der Waals surface area contributed by atoms with Crippen LogP contribution in [0.2, 0.25) is 0 Å². The minimum atomic E-state index is 0.798. The highest BCUT2D eigenvalue weighted by molar-refractivity contribution is 5.98. The normalized spacial score (nSPS) is 13.2.